The summed E-state index contributed by atoms with van der Waals surface area (Å²) in [7, 11) is 0. The van der Waals surface area contributed by atoms with Gasteiger partial charge < -0.3 is 10.6 Å². The Balaban J connectivity index is 2.55. The minimum atomic E-state index is -4.35. The van der Waals surface area contributed by atoms with Crippen LogP contribution in [-0.4, -0.2) is 36.0 Å². The van der Waals surface area contributed by atoms with Crippen molar-refractivity contribution < 1.29 is 13.2 Å². The van der Waals surface area contributed by atoms with Gasteiger partial charge in [0.15, 0.2) is 0 Å². The summed E-state index contributed by atoms with van der Waals surface area (Å²) in [5, 5.41) is 0. The topological polar surface area (TPSA) is 29.3 Å². The van der Waals surface area contributed by atoms with Crippen LogP contribution in [0.5, 0.6) is 0 Å². The van der Waals surface area contributed by atoms with Crippen molar-refractivity contribution in [3.05, 3.63) is 35.4 Å². The van der Waals surface area contributed by atoms with Crippen molar-refractivity contribution in [3.8, 4) is 0 Å². The number of hydrogen-bond acceptors (Lipinski definition) is 3. The fraction of sp³-hybridized carbons (Fsp3) is 0.600. The quantitative estimate of drug-likeness (QED) is 0.739. The fourth-order valence-electron chi connectivity index (χ4n) is 2.11. The summed E-state index contributed by atoms with van der Waals surface area (Å²) in [6, 6.07) is 4.97. The molecule has 0 aliphatic carbocycles. The monoisotopic (exact) mass is 320 g/mol. The molecule has 0 aliphatic heterocycles. The predicted molar refractivity (Wildman–Crippen MR) is 83.5 cm³/mol. The molecule has 0 bridgehead atoms. The molecule has 0 spiro atoms. The predicted octanol–water partition coefficient (Wildman–Crippen LogP) is 3.78. The van der Waals surface area contributed by atoms with Crippen LogP contribution in [-0.2, 0) is 6.18 Å². The van der Waals surface area contributed by atoms with Crippen LogP contribution < -0.4 is 5.73 Å². The zero-order valence-electron chi connectivity index (χ0n) is 12.5. The molecule has 2 N–H and O–H groups in total. The second-order valence-electron chi connectivity index (χ2n) is 4.79. The molecule has 0 fully saturated rings. The van der Waals surface area contributed by atoms with Crippen LogP contribution in [0.3, 0.4) is 0 Å². The molecule has 120 valence electrons. The molecule has 0 heterocycles. The minimum Gasteiger partial charge on any atom is -0.323 e. The lowest BCUT2D eigenvalue weighted by Crippen LogP contribution is -2.26. The van der Waals surface area contributed by atoms with Crippen LogP contribution in [0.4, 0.5) is 13.2 Å². The molecule has 1 atom stereocenters. The van der Waals surface area contributed by atoms with Crippen LogP contribution >= 0.6 is 11.8 Å². The summed E-state index contributed by atoms with van der Waals surface area (Å²) in [6.45, 7) is 7.10. The van der Waals surface area contributed by atoms with Gasteiger partial charge in [0.05, 0.1) is 5.56 Å². The third-order valence-electron chi connectivity index (χ3n) is 3.41. The van der Waals surface area contributed by atoms with E-state index in [0.717, 1.165) is 31.5 Å². The Kier molecular flexibility index (Phi) is 7.56. The van der Waals surface area contributed by atoms with Gasteiger partial charge >= 0.3 is 6.18 Å². The summed E-state index contributed by atoms with van der Waals surface area (Å²) in [5.41, 5.74) is 5.50. The van der Waals surface area contributed by atoms with Gasteiger partial charge in [-0.05, 0) is 24.7 Å². The first-order valence-corrected chi connectivity index (χ1v) is 8.27. The summed E-state index contributed by atoms with van der Waals surface area (Å²) in [5.74, 6) is 1.37. The van der Waals surface area contributed by atoms with E-state index in [1.54, 1.807) is 17.8 Å². The van der Waals surface area contributed by atoms with Crippen LogP contribution in [0, 0.1) is 0 Å². The molecule has 1 rings (SSSR count). The van der Waals surface area contributed by atoms with Gasteiger partial charge in [0.1, 0.15) is 0 Å². The maximum absolute atomic E-state index is 12.9. The van der Waals surface area contributed by atoms with Gasteiger partial charge in [-0.2, -0.15) is 24.9 Å². The Hall–Kier alpha value is -0.720. The molecule has 0 saturated carbocycles. The first-order valence-electron chi connectivity index (χ1n) is 7.11. The average molecular weight is 320 g/mol. The molecule has 1 unspecified atom stereocenters. The Morgan fingerprint density at radius 2 is 1.81 bits per heavy atom. The number of alkyl halides is 3. The molecule has 1 aromatic rings. The van der Waals surface area contributed by atoms with E-state index in [-0.39, 0.29) is 5.56 Å². The average Bonchev–Trinajstić information content (AvgIpc) is 2.46. The minimum absolute atomic E-state index is 0.181. The van der Waals surface area contributed by atoms with Crippen molar-refractivity contribution in [3.63, 3.8) is 0 Å². The normalized spacial score (nSPS) is 13.7. The van der Waals surface area contributed by atoms with Gasteiger partial charge in [0, 0.05) is 24.1 Å². The number of hydrogen-bond donors (Lipinski definition) is 1. The molecule has 0 aliphatic rings. The van der Waals surface area contributed by atoms with Crippen molar-refractivity contribution in [1.82, 2.24) is 4.90 Å². The number of halogens is 3. The van der Waals surface area contributed by atoms with Crippen molar-refractivity contribution in [1.29, 1.82) is 0 Å². The molecule has 21 heavy (non-hydrogen) atoms. The summed E-state index contributed by atoms with van der Waals surface area (Å²) >= 11 is 1.60. The molecule has 0 aromatic heterocycles. The molecule has 6 heteroatoms. The highest BCUT2D eigenvalue weighted by Gasteiger charge is 2.34. The molecular formula is C15H23F3N2S. The third-order valence-corrected chi connectivity index (χ3v) is 4.48. The Labute approximate surface area is 128 Å². The molecular weight excluding hydrogens is 297 g/mol. The lowest BCUT2D eigenvalue weighted by molar-refractivity contribution is -0.138. The van der Waals surface area contributed by atoms with Gasteiger partial charge in [-0.25, -0.2) is 0 Å². The Morgan fingerprint density at radius 3 is 2.38 bits per heavy atom. The fourth-order valence-corrected chi connectivity index (χ4v) is 3.10. The van der Waals surface area contributed by atoms with Crippen molar-refractivity contribution in [2.24, 2.45) is 5.73 Å². The van der Waals surface area contributed by atoms with E-state index >= 15 is 0 Å². The number of thioether (sulfide) groups is 1. The summed E-state index contributed by atoms with van der Waals surface area (Å²) < 4.78 is 38.8. The number of rotatable bonds is 8. The van der Waals surface area contributed by atoms with E-state index in [4.69, 9.17) is 5.73 Å². The summed E-state index contributed by atoms with van der Waals surface area (Å²) in [4.78, 5) is 2.28. The van der Waals surface area contributed by atoms with E-state index in [2.05, 4.69) is 18.7 Å². The molecule has 0 radical (unpaired) electrons. The van der Waals surface area contributed by atoms with Gasteiger partial charge in [-0.3, -0.25) is 0 Å². The van der Waals surface area contributed by atoms with Crippen LogP contribution in [0.25, 0.3) is 0 Å². The Bertz CT molecular complexity index is 420. The van der Waals surface area contributed by atoms with E-state index in [1.165, 1.54) is 12.1 Å². The second kappa shape index (κ2) is 8.66. The van der Waals surface area contributed by atoms with Gasteiger partial charge in [0.25, 0.3) is 0 Å². The first-order chi connectivity index (χ1) is 9.90. The van der Waals surface area contributed by atoms with E-state index in [0.29, 0.717) is 5.75 Å². The molecule has 1 aromatic carbocycles. The zero-order valence-corrected chi connectivity index (χ0v) is 13.3. The standard InChI is InChI=1S/C15H23F3N2S/c1-3-20(4-2)9-10-21-11-14(19)12-7-5-6-8-13(12)15(16,17)18/h5-8,14H,3-4,9-11,19H2,1-2H3. The van der Waals surface area contributed by atoms with E-state index in [1.807, 2.05) is 0 Å². The number of nitrogens with two attached hydrogens (primary N) is 1. The molecule has 0 amide bonds. The van der Waals surface area contributed by atoms with Crippen LogP contribution in [0.1, 0.15) is 31.0 Å². The van der Waals surface area contributed by atoms with Gasteiger partial charge in [0.2, 0.25) is 0 Å². The van der Waals surface area contributed by atoms with Crippen LogP contribution in [0.2, 0.25) is 0 Å². The molecule has 2 nitrogen and oxygen atoms in total. The first kappa shape index (κ1) is 18.3. The number of nitrogens with zero attached hydrogens (tertiary/aromatic N) is 1. The van der Waals surface area contributed by atoms with Crippen LogP contribution in [0.15, 0.2) is 24.3 Å². The van der Waals surface area contributed by atoms with Crippen molar-refractivity contribution in [2.75, 3.05) is 31.1 Å². The highest BCUT2D eigenvalue weighted by Crippen LogP contribution is 2.34. The van der Waals surface area contributed by atoms with Gasteiger partial charge in [-0.15, -0.1) is 0 Å². The second-order valence-corrected chi connectivity index (χ2v) is 5.94. The number of benzene rings is 1. The zero-order chi connectivity index (χ0) is 15.9. The summed E-state index contributed by atoms with van der Waals surface area (Å²) in [6.07, 6.45) is -4.35. The highest BCUT2D eigenvalue weighted by atomic mass is 32.2. The van der Waals surface area contributed by atoms with Crippen molar-refractivity contribution >= 4 is 11.8 Å². The Morgan fingerprint density at radius 1 is 1.19 bits per heavy atom. The largest absolute Gasteiger partial charge is 0.416 e. The lowest BCUT2D eigenvalue weighted by Gasteiger charge is -2.20. The lowest BCUT2D eigenvalue weighted by atomic mass is 10.0. The SMILES string of the molecule is CCN(CC)CCSCC(N)c1ccccc1C(F)(F)F. The maximum Gasteiger partial charge on any atom is 0.416 e. The maximum atomic E-state index is 12.9. The third kappa shape index (κ3) is 5.88. The molecule has 0 saturated heterocycles. The smallest absolute Gasteiger partial charge is 0.323 e. The van der Waals surface area contributed by atoms with Gasteiger partial charge in [-0.1, -0.05) is 32.0 Å². The highest BCUT2D eigenvalue weighted by molar-refractivity contribution is 7.99. The van der Waals surface area contributed by atoms with Crippen molar-refractivity contribution in [2.45, 2.75) is 26.1 Å². The van der Waals surface area contributed by atoms with E-state index < -0.39 is 17.8 Å². The van der Waals surface area contributed by atoms with E-state index in [9.17, 15) is 13.2 Å².